The Kier molecular flexibility index (Phi) is 5.73. The molecule has 2 heterocycles. The van der Waals surface area contributed by atoms with E-state index in [4.69, 9.17) is 4.99 Å². The van der Waals surface area contributed by atoms with Crippen molar-refractivity contribution in [3.05, 3.63) is 64.4 Å². The van der Waals surface area contributed by atoms with E-state index in [9.17, 15) is 0 Å². The first kappa shape index (κ1) is 17.9. The lowest BCUT2D eigenvalue weighted by molar-refractivity contribution is 0.390. The third kappa shape index (κ3) is 3.86. The molecular formula is C24H31N. The summed E-state index contributed by atoms with van der Waals surface area (Å²) in [5.74, 6) is 1.75. The van der Waals surface area contributed by atoms with Crippen LogP contribution in [0.4, 0.5) is 0 Å². The van der Waals surface area contributed by atoms with Gasteiger partial charge in [-0.15, -0.1) is 0 Å². The molecular weight excluding hydrogens is 302 g/mol. The Morgan fingerprint density at radius 1 is 0.920 bits per heavy atom. The van der Waals surface area contributed by atoms with Crippen molar-refractivity contribution in [2.45, 2.75) is 53.4 Å². The van der Waals surface area contributed by atoms with Gasteiger partial charge in [0.05, 0.1) is 5.70 Å². The molecule has 0 N–H and O–H groups in total. The smallest absolute Gasteiger partial charge is 0.0668 e. The van der Waals surface area contributed by atoms with Gasteiger partial charge in [0.2, 0.25) is 0 Å². The lowest BCUT2D eigenvalue weighted by Crippen LogP contribution is -2.24. The minimum atomic E-state index is 0.482. The second kappa shape index (κ2) is 7.99. The third-order valence-electron chi connectivity index (χ3n) is 5.64. The summed E-state index contributed by atoms with van der Waals surface area (Å²) in [7, 11) is 0. The van der Waals surface area contributed by atoms with Crippen molar-refractivity contribution in [3.63, 3.8) is 0 Å². The maximum atomic E-state index is 4.85. The Morgan fingerprint density at radius 2 is 1.60 bits per heavy atom. The van der Waals surface area contributed by atoms with Crippen LogP contribution < -0.4 is 0 Å². The number of allylic oxidation sites excluding steroid dienone is 4. The maximum Gasteiger partial charge on any atom is 0.0668 e. The van der Waals surface area contributed by atoms with Gasteiger partial charge in [0, 0.05) is 12.1 Å². The molecule has 3 atom stereocenters. The van der Waals surface area contributed by atoms with E-state index in [-0.39, 0.29) is 0 Å². The number of hydrogen-bond acceptors (Lipinski definition) is 1. The van der Waals surface area contributed by atoms with Crippen molar-refractivity contribution in [2.75, 3.05) is 0 Å². The lowest BCUT2D eigenvalue weighted by atomic mass is 9.70. The second-order valence-electron chi connectivity index (χ2n) is 7.68. The molecule has 0 aromatic heterocycles. The monoisotopic (exact) mass is 333 g/mol. The summed E-state index contributed by atoms with van der Waals surface area (Å²) in [6.07, 6.45) is 14.0. The van der Waals surface area contributed by atoms with Gasteiger partial charge in [-0.2, -0.15) is 0 Å². The van der Waals surface area contributed by atoms with Crippen LogP contribution in [-0.4, -0.2) is 6.21 Å². The van der Waals surface area contributed by atoms with E-state index in [0.717, 1.165) is 5.70 Å². The van der Waals surface area contributed by atoms with Gasteiger partial charge in [0.1, 0.15) is 0 Å². The number of rotatable bonds is 6. The van der Waals surface area contributed by atoms with Gasteiger partial charge >= 0.3 is 0 Å². The van der Waals surface area contributed by atoms with Crippen LogP contribution in [0.2, 0.25) is 0 Å². The van der Waals surface area contributed by atoms with E-state index >= 15 is 0 Å². The molecule has 0 saturated heterocycles. The molecule has 0 amide bonds. The van der Waals surface area contributed by atoms with Gasteiger partial charge in [0.15, 0.2) is 0 Å². The minimum absolute atomic E-state index is 0.482. The van der Waals surface area contributed by atoms with Gasteiger partial charge in [0.25, 0.3) is 0 Å². The molecule has 1 aliphatic carbocycles. The van der Waals surface area contributed by atoms with E-state index < -0.39 is 0 Å². The van der Waals surface area contributed by atoms with Crippen molar-refractivity contribution in [2.24, 2.45) is 22.7 Å². The number of fused-ring (bicyclic) bond motifs is 2. The first-order valence-electron chi connectivity index (χ1n) is 9.91. The molecule has 1 heteroatoms. The number of benzene rings is 1. The molecule has 0 fully saturated rings. The largest absolute Gasteiger partial charge is 0.256 e. The summed E-state index contributed by atoms with van der Waals surface area (Å²) in [5, 5.41) is 0. The second-order valence-corrected chi connectivity index (χ2v) is 7.68. The van der Waals surface area contributed by atoms with E-state index in [1.807, 2.05) is 6.21 Å². The fourth-order valence-electron chi connectivity index (χ4n) is 4.32. The maximum absolute atomic E-state index is 4.85. The van der Waals surface area contributed by atoms with Crippen LogP contribution in [0, 0.1) is 17.8 Å². The van der Waals surface area contributed by atoms with Crippen molar-refractivity contribution in [1.82, 2.24) is 0 Å². The zero-order chi connectivity index (χ0) is 17.8. The molecule has 1 aromatic rings. The Bertz CT molecular complexity index is 715. The number of hydrogen-bond donors (Lipinski definition) is 0. The average molecular weight is 334 g/mol. The zero-order valence-corrected chi connectivity index (χ0v) is 16.1. The highest BCUT2D eigenvalue weighted by Crippen LogP contribution is 2.43. The molecule has 0 saturated carbocycles. The molecule has 25 heavy (non-hydrogen) atoms. The van der Waals surface area contributed by atoms with Crippen LogP contribution in [0.25, 0.3) is 6.08 Å². The van der Waals surface area contributed by atoms with E-state index in [2.05, 4.69) is 70.2 Å². The van der Waals surface area contributed by atoms with Gasteiger partial charge in [-0.3, -0.25) is 4.99 Å². The fourth-order valence-corrected chi connectivity index (χ4v) is 4.32. The molecule has 2 aliphatic heterocycles. The fraction of sp³-hybridized carbons (Fsp3) is 0.458. The summed E-state index contributed by atoms with van der Waals surface area (Å²) in [6.45, 7) is 9.40. The number of nitrogens with zero attached hydrogens (tertiary/aromatic N) is 1. The molecule has 4 rings (SSSR count). The predicted octanol–water partition coefficient (Wildman–Crippen LogP) is 6.82. The molecule has 132 valence electrons. The molecule has 1 nitrogen and oxygen atoms in total. The Labute approximate surface area is 153 Å². The van der Waals surface area contributed by atoms with E-state index in [1.165, 1.54) is 42.4 Å². The van der Waals surface area contributed by atoms with E-state index in [1.54, 1.807) is 5.57 Å². The Hall–Kier alpha value is -1.89. The summed E-state index contributed by atoms with van der Waals surface area (Å²) in [6, 6.07) is 8.75. The van der Waals surface area contributed by atoms with Crippen molar-refractivity contribution in [3.8, 4) is 0 Å². The number of aliphatic imine (C=N–C) groups is 1. The van der Waals surface area contributed by atoms with Crippen molar-refractivity contribution in [1.29, 1.82) is 0 Å². The molecule has 3 unspecified atom stereocenters. The van der Waals surface area contributed by atoms with E-state index in [0.29, 0.717) is 17.8 Å². The quantitative estimate of drug-likeness (QED) is 0.542. The molecule has 0 radical (unpaired) electrons. The van der Waals surface area contributed by atoms with Crippen LogP contribution in [0.1, 0.15) is 64.5 Å². The molecule has 0 spiro atoms. The minimum Gasteiger partial charge on any atom is -0.256 e. The molecule has 3 aliphatic rings. The predicted molar refractivity (Wildman–Crippen MR) is 110 cm³/mol. The van der Waals surface area contributed by atoms with Gasteiger partial charge in [-0.05, 0) is 47.1 Å². The first-order chi connectivity index (χ1) is 12.1. The zero-order valence-electron chi connectivity index (χ0n) is 16.1. The summed E-state index contributed by atoms with van der Waals surface area (Å²) in [5.41, 5.74) is 6.61. The highest BCUT2D eigenvalue weighted by atomic mass is 14.7. The highest BCUT2D eigenvalue weighted by molar-refractivity contribution is 5.83. The SMILES string of the molecule is CCCC(C)C1=CC=C2/N=C\c3ccc(cc3)/C=C\2C1C(C)CCC. The van der Waals surface area contributed by atoms with Crippen LogP contribution in [0.5, 0.6) is 0 Å². The summed E-state index contributed by atoms with van der Waals surface area (Å²) < 4.78 is 0. The van der Waals surface area contributed by atoms with Crippen molar-refractivity contribution < 1.29 is 0 Å². The van der Waals surface area contributed by atoms with Crippen LogP contribution in [-0.2, 0) is 0 Å². The van der Waals surface area contributed by atoms with Crippen LogP contribution >= 0.6 is 0 Å². The third-order valence-corrected chi connectivity index (χ3v) is 5.64. The van der Waals surface area contributed by atoms with Gasteiger partial charge in [-0.1, -0.05) is 82.9 Å². The van der Waals surface area contributed by atoms with Gasteiger partial charge in [-0.25, -0.2) is 0 Å². The normalized spacial score (nSPS) is 24.6. The standard InChI is InChI=1S/C24H31N/c1-5-7-17(3)21-13-14-23-22(24(21)18(4)8-6-2)15-19-9-11-20(12-10-19)16-25-23/h9-18,24H,5-8H2,1-4H3/b22-15+,25-16-. The topological polar surface area (TPSA) is 12.4 Å². The van der Waals surface area contributed by atoms with Crippen molar-refractivity contribution >= 4 is 12.3 Å². The summed E-state index contributed by atoms with van der Waals surface area (Å²) >= 11 is 0. The highest BCUT2D eigenvalue weighted by Gasteiger charge is 2.31. The Morgan fingerprint density at radius 3 is 2.28 bits per heavy atom. The average Bonchev–Trinajstić information content (AvgIpc) is 2.75. The first-order valence-corrected chi connectivity index (χ1v) is 9.91. The van der Waals surface area contributed by atoms with Gasteiger partial charge < -0.3 is 0 Å². The van der Waals surface area contributed by atoms with Crippen LogP contribution in [0.3, 0.4) is 0 Å². The Balaban J connectivity index is 2.09. The van der Waals surface area contributed by atoms with Crippen LogP contribution in [0.15, 0.2) is 58.3 Å². The lowest BCUT2D eigenvalue weighted by Gasteiger charge is -2.35. The summed E-state index contributed by atoms with van der Waals surface area (Å²) in [4.78, 5) is 4.85. The molecule has 1 aromatic carbocycles. The molecule has 2 bridgehead atoms.